The molecule has 0 aliphatic carbocycles. The van der Waals surface area contributed by atoms with Crippen molar-refractivity contribution >= 4 is 54.5 Å². The molecule has 10 rings (SSSR count). The lowest BCUT2D eigenvalue weighted by molar-refractivity contribution is 0.669. The highest BCUT2D eigenvalue weighted by atomic mass is 16.3. The van der Waals surface area contributed by atoms with Crippen LogP contribution in [0.1, 0.15) is 0 Å². The minimum Gasteiger partial charge on any atom is -0.456 e. The molecule has 224 valence electrons. The summed E-state index contributed by atoms with van der Waals surface area (Å²) in [5.74, 6) is 0.628. The molecular weight excluding hydrogens is 587 g/mol. The Labute approximate surface area is 276 Å². The average molecular weight is 614 g/mol. The summed E-state index contributed by atoms with van der Waals surface area (Å²) < 4.78 is 8.61. The quantitative estimate of drug-likeness (QED) is 0.198. The smallest absolute Gasteiger partial charge is 0.235 e. The van der Waals surface area contributed by atoms with Gasteiger partial charge < -0.3 is 4.42 Å². The van der Waals surface area contributed by atoms with E-state index in [2.05, 4.69) is 144 Å². The second-order valence-electron chi connectivity index (χ2n) is 12.2. The first-order valence-electron chi connectivity index (χ1n) is 16.2. The first-order chi connectivity index (χ1) is 23.8. The second-order valence-corrected chi connectivity index (χ2v) is 12.2. The van der Waals surface area contributed by atoms with Crippen LogP contribution >= 0.6 is 0 Å². The molecular formula is C44H27N3O. The van der Waals surface area contributed by atoms with Gasteiger partial charge in [-0.2, -0.15) is 0 Å². The molecule has 4 nitrogen and oxygen atoms in total. The van der Waals surface area contributed by atoms with E-state index in [-0.39, 0.29) is 0 Å². The number of fused-ring (bicyclic) bond motifs is 8. The first kappa shape index (κ1) is 26.7. The van der Waals surface area contributed by atoms with Crippen molar-refractivity contribution in [2.75, 3.05) is 0 Å². The highest BCUT2D eigenvalue weighted by molar-refractivity contribution is 6.23. The zero-order valence-electron chi connectivity index (χ0n) is 25.8. The third kappa shape index (κ3) is 4.10. The van der Waals surface area contributed by atoms with E-state index >= 15 is 0 Å². The van der Waals surface area contributed by atoms with Crippen molar-refractivity contribution < 1.29 is 4.42 Å². The van der Waals surface area contributed by atoms with E-state index in [1.54, 1.807) is 0 Å². The molecule has 0 spiro atoms. The lowest BCUT2D eigenvalue weighted by Gasteiger charge is -2.13. The van der Waals surface area contributed by atoms with Gasteiger partial charge in [-0.3, -0.25) is 4.57 Å². The molecule has 0 bridgehead atoms. The van der Waals surface area contributed by atoms with Crippen LogP contribution in [-0.4, -0.2) is 14.5 Å². The summed E-state index contributed by atoms with van der Waals surface area (Å²) in [6.07, 6.45) is 0. The van der Waals surface area contributed by atoms with Crippen molar-refractivity contribution in [2.45, 2.75) is 0 Å². The van der Waals surface area contributed by atoms with E-state index in [9.17, 15) is 0 Å². The Kier molecular flexibility index (Phi) is 5.84. The normalized spacial score (nSPS) is 11.8. The van der Waals surface area contributed by atoms with E-state index in [1.807, 2.05) is 24.3 Å². The molecule has 3 heterocycles. The van der Waals surface area contributed by atoms with Crippen LogP contribution in [0.3, 0.4) is 0 Å². The van der Waals surface area contributed by atoms with Gasteiger partial charge in [0.2, 0.25) is 5.95 Å². The van der Waals surface area contributed by atoms with Crippen LogP contribution in [0.25, 0.3) is 94.1 Å². The predicted molar refractivity (Wildman–Crippen MR) is 197 cm³/mol. The van der Waals surface area contributed by atoms with Crippen molar-refractivity contribution in [2.24, 2.45) is 0 Å². The lowest BCUT2D eigenvalue weighted by Crippen LogP contribution is -2.04. The third-order valence-corrected chi connectivity index (χ3v) is 9.42. The molecule has 0 saturated heterocycles. The number of rotatable bonds is 4. The fourth-order valence-electron chi connectivity index (χ4n) is 7.22. The Hall–Kier alpha value is -6.52. The average Bonchev–Trinajstić information content (AvgIpc) is 3.71. The number of furan rings is 1. The molecule has 48 heavy (non-hydrogen) atoms. The predicted octanol–water partition coefficient (Wildman–Crippen LogP) is 11.6. The minimum atomic E-state index is 0.628. The highest BCUT2D eigenvalue weighted by Crippen LogP contribution is 2.42. The fourth-order valence-corrected chi connectivity index (χ4v) is 7.22. The SMILES string of the molecule is c1ccc(-c2cc(-c3ccccc3)nc(-n3c4ccc5ccccc5c4c4cccc(-c5ccc6c(c5)oc5ccccc56)c43)n2)cc1. The van der Waals surface area contributed by atoms with Crippen LogP contribution in [0.4, 0.5) is 0 Å². The van der Waals surface area contributed by atoms with Crippen molar-refractivity contribution in [3.05, 3.63) is 164 Å². The van der Waals surface area contributed by atoms with Gasteiger partial charge in [0, 0.05) is 38.2 Å². The second kappa shape index (κ2) is 10.5. The monoisotopic (exact) mass is 613 g/mol. The number of nitrogens with zero attached hydrogens (tertiary/aromatic N) is 3. The van der Waals surface area contributed by atoms with Crippen molar-refractivity contribution in [1.82, 2.24) is 14.5 Å². The Morgan fingerprint density at radius 3 is 1.85 bits per heavy atom. The largest absolute Gasteiger partial charge is 0.456 e. The van der Waals surface area contributed by atoms with Crippen molar-refractivity contribution in [3.8, 4) is 39.6 Å². The third-order valence-electron chi connectivity index (χ3n) is 9.42. The molecule has 0 aliphatic rings. The van der Waals surface area contributed by atoms with Crippen molar-refractivity contribution in [1.29, 1.82) is 0 Å². The standard InChI is InChI=1S/C44H27N3O/c1-3-13-29(14-4-1)37-27-38(30-15-5-2-6-16-30)46-44(45-37)47-39-25-23-28-12-7-8-17-32(28)42(39)36-20-11-19-33(43(36)47)31-22-24-35-34-18-9-10-21-40(34)48-41(35)26-31/h1-27H. The molecule has 7 aromatic carbocycles. The number of para-hydroxylation sites is 2. The molecule has 0 atom stereocenters. The molecule has 0 amide bonds. The molecule has 10 aromatic rings. The maximum Gasteiger partial charge on any atom is 0.235 e. The van der Waals surface area contributed by atoms with Crippen LogP contribution in [0.15, 0.2) is 168 Å². The van der Waals surface area contributed by atoms with Gasteiger partial charge in [-0.25, -0.2) is 9.97 Å². The minimum absolute atomic E-state index is 0.628. The first-order valence-corrected chi connectivity index (χ1v) is 16.2. The maximum atomic E-state index is 6.36. The van der Waals surface area contributed by atoms with Crippen LogP contribution in [0.2, 0.25) is 0 Å². The van der Waals surface area contributed by atoms with Gasteiger partial charge in [-0.1, -0.05) is 133 Å². The van der Waals surface area contributed by atoms with Crippen molar-refractivity contribution in [3.63, 3.8) is 0 Å². The summed E-state index contributed by atoms with van der Waals surface area (Å²) in [4.78, 5) is 10.6. The number of hydrogen-bond donors (Lipinski definition) is 0. The van der Waals surface area contributed by atoms with Crippen LogP contribution in [0, 0.1) is 0 Å². The fraction of sp³-hybridized carbons (Fsp3) is 0. The Morgan fingerprint density at radius 1 is 0.438 bits per heavy atom. The van der Waals surface area contributed by atoms with Gasteiger partial charge in [-0.05, 0) is 46.7 Å². The molecule has 4 heteroatoms. The van der Waals surface area contributed by atoms with Crippen LogP contribution in [-0.2, 0) is 0 Å². The van der Waals surface area contributed by atoms with Gasteiger partial charge >= 0.3 is 0 Å². The van der Waals surface area contributed by atoms with Gasteiger partial charge in [0.25, 0.3) is 0 Å². The molecule has 0 saturated carbocycles. The van der Waals surface area contributed by atoms with E-state index in [4.69, 9.17) is 14.4 Å². The Balaban J connectivity index is 1.33. The summed E-state index contributed by atoms with van der Waals surface area (Å²) in [5, 5.41) is 6.97. The van der Waals surface area contributed by atoms with Gasteiger partial charge in [0.1, 0.15) is 11.2 Å². The van der Waals surface area contributed by atoms with E-state index in [0.29, 0.717) is 5.95 Å². The zero-order valence-corrected chi connectivity index (χ0v) is 25.8. The molecule has 0 fully saturated rings. The van der Waals surface area contributed by atoms with E-state index < -0.39 is 0 Å². The number of aromatic nitrogens is 3. The van der Waals surface area contributed by atoms with E-state index in [1.165, 1.54) is 16.2 Å². The number of benzene rings is 7. The Morgan fingerprint density at radius 2 is 1.08 bits per heavy atom. The Bertz CT molecular complexity index is 2770. The lowest BCUT2D eigenvalue weighted by atomic mass is 9.99. The summed E-state index contributed by atoms with van der Waals surface area (Å²) in [6.45, 7) is 0. The summed E-state index contributed by atoms with van der Waals surface area (Å²) in [5.41, 5.74) is 9.87. The molecule has 0 aliphatic heterocycles. The molecule has 0 radical (unpaired) electrons. The molecule has 0 N–H and O–H groups in total. The maximum absolute atomic E-state index is 6.36. The highest BCUT2D eigenvalue weighted by Gasteiger charge is 2.22. The zero-order chi connectivity index (χ0) is 31.6. The summed E-state index contributed by atoms with van der Waals surface area (Å²) in [7, 11) is 0. The van der Waals surface area contributed by atoms with Crippen LogP contribution < -0.4 is 0 Å². The molecule has 3 aromatic heterocycles. The summed E-state index contributed by atoms with van der Waals surface area (Å²) in [6, 6.07) is 57.2. The van der Waals surface area contributed by atoms with Crippen LogP contribution in [0.5, 0.6) is 0 Å². The van der Waals surface area contributed by atoms with Gasteiger partial charge in [0.15, 0.2) is 0 Å². The summed E-state index contributed by atoms with van der Waals surface area (Å²) >= 11 is 0. The van der Waals surface area contributed by atoms with Gasteiger partial charge in [0.05, 0.1) is 22.4 Å². The van der Waals surface area contributed by atoms with Gasteiger partial charge in [-0.15, -0.1) is 0 Å². The van der Waals surface area contributed by atoms with E-state index in [0.717, 1.165) is 72.0 Å². The number of hydrogen-bond acceptors (Lipinski definition) is 3. The molecule has 0 unspecified atom stereocenters. The topological polar surface area (TPSA) is 43.9 Å².